The van der Waals surface area contributed by atoms with Crippen molar-refractivity contribution < 1.29 is 0 Å². The van der Waals surface area contributed by atoms with Crippen molar-refractivity contribution in [2.75, 3.05) is 18.0 Å². The molecule has 0 amide bonds. The fourth-order valence-electron chi connectivity index (χ4n) is 7.77. The average molecular weight is 551 g/mol. The average Bonchev–Trinajstić information content (AvgIpc) is 3.52. The topological polar surface area (TPSA) is 122 Å². The molecule has 0 radical (unpaired) electrons. The predicted octanol–water partition coefficient (Wildman–Crippen LogP) is 4.60. The molecule has 9 heteroatoms. The first-order valence-corrected chi connectivity index (χ1v) is 15.2. The number of anilines is 1. The van der Waals surface area contributed by atoms with Gasteiger partial charge in [-0.15, -0.1) is 0 Å². The fraction of sp³-hybridized carbons (Fsp3) is 0.500. The highest BCUT2D eigenvalue weighted by Gasteiger charge is 2.46. The quantitative estimate of drug-likeness (QED) is 0.342. The van der Waals surface area contributed by atoms with Gasteiger partial charge < -0.3 is 10.6 Å². The molecule has 1 saturated heterocycles. The standard InChI is InChI=1S/C32H38N8O/c1-4-40-22-17-31(2,3)16-21(23(22)25(38-40)18-9-10-18)26-24-28(37-36-26)34-30(35-29(24)41)39-13-11-32(12-14-39)15-19-7-5-6-8-20(19)27(32)33/h5-8,16,18,27H,4,9-15,17,33H2,1-3H3,(H2,34,35,36,37,41)/t27-/m1/s1. The minimum absolute atomic E-state index is 0.0565. The van der Waals surface area contributed by atoms with Crippen LogP contribution < -0.4 is 16.2 Å². The number of aromatic amines is 2. The molecule has 41 heavy (non-hydrogen) atoms. The van der Waals surface area contributed by atoms with Crippen LogP contribution in [-0.4, -0.2) is 43.0 Å². The molecular weight excluding hydrogens is 512 g/mol. The largest absolute Gasteiger partial charge is 0.342 e. The van der Waals surface area contributed by atoms with E-state index >= 15 is 0 Å². The molecule has 1 atom stereocenters. The number of fused-ring (bicyclic) bond motifs is 3. The van der Waals surface area contributed by atoms with E-state index in [-0.39, 0.29) is 22.4 Å². The monoisotopic (exact) mass is 550 g/mol. The zero-order valence-electron chi connectivity index (χ0n) is 24.1. The SMILES string of the molecule is CCn1nc(C2CC2)c2c1CC(C)(C)C=C2c1n[nH]c2nc(N3CCC4(CC3)Cc3ccccc3[C@H]4N)[nH]c(=O)c12. The zero-order chi connectivity index (χ0) is 28.1. The minimum Gasteiger partial charge on any atom is -0.342 e. The van der Waals surface area contributed by atoms with E-state index in [0.717, 1.165) is 56.6 Å². The molecule has 1 aliphatic heterocycles. The normalized spacial score (nSPS) is 22.7. The lowest BCUT2D eigenvalue weighted by molar-refractivity contribution is 0.187. The molecule has 9 nitrogen and oxygen atoms in total. The van der Waals surface area contributed by atoms with Crippen LogP contribution in [0, 0.1) is 10.8 Å². The third-order valence-corrected chi connectivity index (χ3v) is 10.1. The molecule has 0 bridgehead atoms. The molecule has 0 unspecified atom stereocenters. The Morgan fingerprint density at radius 1 is 1.12 bits per heavy atom. The van der Waals surface area contributed by atoms with Crippen molar-refractivity contribution in [1.29, 1.82) is 0 Å². The van der Waals surface area contributed by atoms with Crippen molar-refractivity contribution in [3.05, 3.63) is 74.5 Å². The molecule has 1 spiro atoms. The van der Waals surface area contributed by atoms with Gasteiger partial charge in [-0.3, -0.25) is 19.6 Å². The molecule has 1 saturated carbocycles. The Kier molecular flexibility index (Phi) is 5.28. The van der Waals surface area contributed by atoms with Crippen molar-refractivity contribution in [3.63, 3.8) is 0 Å². The van der Waals surface area contributed by atoms with E-state index in [0.29, 0.717) is 28.6 Å². The van der Waals surface area contributed by atoms with Crippen LogP contribution in [0.5, 0.6) is 0 Å². The smallest absolute Gasteiger partial charge is 0.264 e. The van der Waals surface area contributed by atoms with E-state index in [2.05, 4.69) is 70.8 Å². The molecule has 212 valence electrons. The number of nitrogens with zero attached hydrogens (tertiary/aromatic N) is 5. The van der Waals surface area contributed by atoms with Crippen LogP contribution in [0.1, 0.15) is 92.2 Å². The number of aromatic nitrogens is 6. The Labute approximate surface area is 239 Å². The predicted molar refractivity (Wildman–Crippen MR) is 160 cm³/mol. The van der Waals surface area contributed by atoms with Gasteiger partial charge in [0.2, 0.25) is 5.95 Å². The number of hydrogen-bond acceptors (Lipinski definition) is 6. The number of allylic oxidation sites excluding steroid dienone is 1. The number of piperidine rings is 1. The molecule has 2 fully saturated rings. The fourth-order valence-corrected chi connectivity index (χ4v) is 7.77. The summed E-state index contributed by atoms with van der Waals surface area (Å²) in [6.07, 6.45) is 8.51. The highest BCUT2D eigenvalue weighted by atomic mass is 16.1. The highest BCUT2D eigenvalue weighted by molar-refractivity contribution is 5.95. The third-order valence-electron chi connectivity index (χ3n) is 10.1. The van der Waals surface area contributed by atoms with E-state index in [1.807, 2.05) is 0 Å². The summed E-state index contributed by atoms with van der Waals surface area (Å²) in [4.78, 5) is 24.0. The van der Waals surface area contributed by atoms with Crippen LogP contribution in [0.4, 0.5) is 5.95 Å². The van der Waals surface area contributed by atoms with Crippen LogP contribution in [0.15, 0.2) is 35.1 Å². The first-order valence-electron chi connectivity index (χ1n) is 15.2. The lowest BCUT2D eigenvalue weighted by Gasteiger charge is -2.42. The van der Waals surface area contributed by atoms with Gasteiger partial charge in [0.1, 0.15) is 11.1 Å². The molecule has 8 rings (SSSR count). The second-order valence-electron chi connectivity index (χ2n) is 13.4. The van der Waals surface area contributed by atoms with Crippen LogP contribution in [0.2, 0.25) is 0 Å². The second kappa shape index (κ2) is 8.64. The van der Waals surface area contributed by atoms with Crippen LogP contribution in [0.3, 0.4) is 0 Å². The minimum atomic E-state index is -0.152. The van der Waals surface area contributed by atoms with Crippen LogP contribution in [-0.2, 0) is 19.4 Å². The number of aryl methyl sites for hydroxylation is 1. The summed E-state index contributed by atoms with van der Waals surface area (Å²) >= 11 is 0. The summed E-state index contributed by atoms with van der Waals surface area (Å²) in [5, 5.41) is 13.4. The third kappa shape index (κ3) is 3.77. The lowest BCUT2D eigenvalue weighted by atomic mass is 9.73. The Morgan fingerprint density at radius 3 is 2.63 bits per heavy atom. The van der Waals surface area contributed by atoms with E-state index in [4.69, 9.17) is 20.9 Å². The summed E-state index contributed by atoms with van der Waals surface area (Å²) in [5.41, 5.74) is 15.1. The number of nitrogens with two attached hydrogens (primary N) is 1. The van der Waals surface area contributed by atoms with Crippen molar-refractivity contribution in [3.8, 4) is 0 Å². The molecule has 4 aliphatic rings. The Bertz CT molecular complexity index is 1780. The van der Waals surface area contributed by atoms with E-state index < -0.39 is 0 Å². The summed E-state index contributed by atoms with van der Waals surface area (Å²) in [5.74, 6) is 1.10. The second-order valence-corrected chi connectivity index (χ2v) is 13.4. The Morgan fingerprint density at radius 2 is 1.90 bits per heavy atom. The van der Waals surface area contributed by atoms with E-state index in [1.54, 1.807) is 0 Å². The zero-order valence-corrected chi connectivity index (χ0v) is 24.1. The van der Waals surface area contributed by atoms with Gasteiger partial charge in [0.15, 0.2) is 5.65 Å². The molecular formula is C32H38N8O. The van der Waals surface area contributed by atoms with Gasteiger partial charge in [0.25, 0.3) is 5.56 Å². The molecule has 4 aromatic rings. The number of nitrogens with one attached hydrogen (secondary N) is 2. The van der Waals surface area contributed by atoms with Crippen molar-refractivity contribution >= 4 is 22.6 Å². The number of H-pyrrole nitrogens is 2. The van der Waals surface area contributed by atoms with Gasteiger partial charge in [-0.25, -0.2) is 0 Å². The van der Waals surface area contributed by atoms with Gasteiger partial charge in [0.05, 0.1) is 5.69 Å². The number of hydrogen-bond donors (Lipinski definition) is 3. The van der Waals surface area contributed by atoms with Crippen LogP contribution >= 0.6 is 0 Å². The van der Waals surface area contributed by atoms with Crippen LogP contribution in [0.25, 0.3) is 16.6 Å². The molecule has 3 aliphatic carbocycles. The van der Waals surface area contributed by atoms with Gasteiger partial charge in [-0.2, -0.15) is 15.2 Å². The first-order chi connectivity index (χ1) is 19.8. The summed E-state index contributed by atoms with van der Waals surface area (Å²) in [6.45, 7) is 9.08. The number of rotatable bonds is 4. The van der Waals surface area contributed by atoms with Crippen molar-refractivity contribution in [2.45, 2.75) is 77.8 Å². The molecule has 3 aromatic heterocycles. The summed E-state index contributed by atoms with van der Waals surface area (Å²) in [6, 6.07) is 8.64. The first kappa shape index (κ1) is 25.0. The van der Waals surface area contributed by atoms with Gasteiger partial charge >= 0.3 is 0 Å². The summed E-state index contributed by atoms with van der Waals surface area (Å²) in [7, 11) is 0. The number of benzene rings is 1. The molecule has 4 N–H and O–H groups in total. The maximum absolute atomic E-state index is 13.7. The van der Waals surface area contributed by atoms with E-state index in [9.17, 15) is 4.79 Å². The van der Waals surface area contributed by atoms with Crippen molar-refractivity contribution in [1.82, 2.24) is 29.9 Å². The Hall–Kier alpha value is -3.72. The van der Waals surface area contributed by atoms with Gasteiger partial charge in [0, 0.05) is 48.4 Å². The highest BCUT2D eigenvalue weighted by Crippen LogP contribution is 2.51. The van der Waals surface area contributed by atoms with Gasteiger partial charge in [-0.1, -0.05) is 44.2 Å². The lowest BCUT2D eigenvalue weighted by Crippen LogP contribution is -2.45. The maximum atomic E-state index is 13.7. The van der Waals surface area contributed by atoms with Crippen molar-refractivity contribution in [2.24, 2.45) is 16.6 Å². The molecule has 1 aromatic carbocycles. The summed E-state index contributed by atoms with van der Waals surface area (Å²) < 4.78 is 2.16. The maximum Gasteiger partial charge on any atom is 0.264 e. The Balaban J connectivity index is 1.13. The van der Waals surface area contributed by atoms with E-state index in [1.165, 1.54) is 35.2 Å². The molecule has 4 heterocycles. The van der Waals surface area contributed by atoms with Gasteiger partial charge in [-0.05, 0) is 67.4 Å².